The Morgan fingerprint density at radius 2 is 2.05 bits per heavy atom. The van der Waals surface area contributed by atoms with Crippen LogP contribution in [-0.4, -0.2) is 28.6 Å². The van der Waals surface area contributed by atoms with Gasteiger partial charge in [-0.25, -0.2) is 4.39 Å². The minimum Gasteiger partial charge on any atom is -0.464 e. The smallest absolute Gasteiger partial charge is 0.229 e. The summed E-state index contributed by atoms with van der Waals surface area (Å²) in [5.41, 5.74) is -1.64. The molecule has 1 heterocycles. The molecule has 0 saturated carbocycles. The van der Waals surface area contributed by atoms with Gasteiger partial charge in [-0.2, -0.15) is 0 Å². The van der Waals surface area contributed by atoms with Crippen molar-refractivity contribution in [1.29, 1.82) is 0 Å². The number of rotatable bonds is 4. The summed E-state index contributed by atoms with van der Waals surface area (Å²) in [6.07, 6.45) is 1.49. The van der Waals surface area contributed by atoms with Crippen LogP contribution in [0.4, 0.5) is 4.39 Å². The predicted molar refractivity (Wildman–Crippen MR) is 79.2 cm³/mol. The molecule has 2 unspecified atom stereocenters. The van der Waals surface area contributed by atoms with Gasteiger partial charge in [0.15, 0.2) is 5.67 Å². The van der Waals surface area contributed by atoms with Crippen molar-refractivity contribution in [3.8, 4) is 0 Å². The van der Waals surface area contributed by atoms with E-state index < -0.39 is 22.1 Å². The first-order valence-corrected chi connectivity index (χ1v) is 6.99. The van der Waals surface area contributed by atoms with E-state index in [-0.39, 0.29) is 5.56 Å². The van der Waals surface area contributed by atoms with Gasteiger partial charge in [0.25, 0.3) is 0 Å². The standard InChI is InChI=1S/C13H13Cl3FNO2/c1-18-11(7-19)12(17,13(14,15)16)9-2-3-10-8(6-9)4-5-20-10/h2-6,11,18-19H,7H2,1H3. The minimum absolute atomic E-state index is 0.153. The zero-order valence-electron chi connectivity index (χ0n) is 10.5. The van der Waals surface area contributed by atoms with Gasteiger partial charge in [-0.1, -0.05) is 40.9 Å². The summed E-state index contributed by atoms with van der Waals surface area (Å²) in [5.74, 6) is 0. The number of aliphatic hydroxyl groups excluding tert-OH is 1. The Balaban J connectivity index is 2.61. The largest absolute Gasteiger partial charge is 0.464 e. The Bertz CT molecular complexity index is 595. The first-order valence-electron chi connectivity index (χ1n) is 5.86. The molecule has 2 atom stereocenters. The Kier molecular flexibility index (Phi) is 4.52. The number of nitrogens with one attached hydrogen (secondary N) is 1. The van der Waals surface area contributed by atoms with Crippen molar-refractivity contribution in [3.63, 3.8) is 0 Å². The summed E-state index contributed by atoms with van der Waals surface area (Å²) < 4.78 is 18.4. The molecule has 0 amide bonds. The van der Waals surface area contributed by atoms with Crippen LogP contribution < -0.4 is 5.32 Å². The van der Waals surface area contributed by atoms with Crippen molar-refractivity contribution in [1.82, 2.24) is 5.32 Å². The lowest BCUT2D eigenvalue weighted by atomic mass is 9.89. The van der Waals surface area contributed by atoms with Gasteiger partial charge in [0.05, 0.1) is 18.9 Å². The van der Waals surface area contributed by atoms with Gasteiger partial charge in [-0.3, -0.25) is 0 Å². The van der Waals surface area contributed by atoms with E-state index in [1.165, 1.54) is 19.4 Å². The molecule has 1 aromatic heterocycles. The summed E-state index contributed by atoms with van der Waals surface area (Å²) >= 11 is 17.5. The van der Waals surface area contributed by atoms with E-state index in [0.29, 0.717) is 11.0 Å². The molecule has 110 valence electrons. The maximum atomic E-state index is 15.5. The molecule has 0 bridgehead atoms. The number of furan rings is 1. The van der Waals surface area contributed by atoms with Crippen molar-refractivity contribution in [2.75, 3.05) is 13.7 Å². The quantitative estimate of drug-likeness (QED) is 0.837. The van der Waals surface area contributed by atoms with Gasteiger partial charge >= 0.3 is 0 Å². The van der Waals surface area contributed by atoms with Crippen LogP contribution in [0.2, 0.25) is 0 Å². The molecule has 0 saturated heterocycles. The minimum atomic E-state index is -2.40. The molecule has 2 aromatic rings. The third kappa shape index (κ3) is 2.51. The van der Waals surface area contributed by atoms with Crippen LogP contribution in [0.25, 0.3) is 11.0 Å². The second kappa shape index (κ2) is 5.70. The van der Waals surface area contributed by atoms with Crippen LogP contribution in [0.3, 0.4) is 0 Å². The molecular formula is C13H13Cl3FNO2. The van der Waals surface area contributed by atoms with Crippen molar-refractivity contribution >= 4 is 45.8 Å². The van der Waals surface area contributed by atoms with E-state index in [1.807, 2.05) is 0 Å². The topological polar surface area (TPSA) is 45.4 Å². The van der Waals surface area contributed by atoms with Crippen molar-refractivity contribution in [3.05, 3.63) is 36.1 Å². The second-order valence-electron chi connectivity index (χ2n) is 4.41. The highest BCUT2D eigenvalue weighted by molar-refractivity contribution is 6.68. The Morgan fingerprint density at radius 1 is 1.35 bits per heavy atom. The lowest BCUT2D eigenvalue weighted by Gasteiger charge is -2.38. The van der Waals surface area contributed by atoms with Gasteiger partial charge in [0.1, 0.15) is 5.58 Å². The normalized spacial score (nSPS) is 17.1. The molecule has 0 aliphatic carbocycles. The SMILES string of the molecule is CNC(CO)C(F)(c1ccc2occc2c1)C(Cl)(Cl)Cl. The highest BCUT2D eigenvalue weighted by Gasteiger charge is 2.55. The molecule has 3 nitrogen and oxygen atoms in total. The second-order valence-corrected chi connectivity index (χ2v) is 6.69. The van der Waals surface area contributed by atoms with Crippen LogP contribution in [0.15, 0.2) is 34.9 Å². The molecule has 7 heteroatoms. The summed E-state index contributed by atoms with van der Waals surface area (Å²) in [5, 5.41) is 12.7. The molecule has 20 heavy (non-hydrogen) atoms. The van der Waals surface area contributed by atoms with E-state index in [2.05, 4.69) is 5.32 Å². The number of benzene rings is 1. The first kappa shape index (κ1) is 15.9. The van der Waals surface area contributed by atoms with Gasteiger partial charge in [-0.15, -0.1) is 0 Å². The Morgan fingerprint density at radius 3 is 2.60 bits per heavy atom. The first-order chi connectivity index (χ1) is 9.34. The third-order valence-electron chi connectivity index (χ3n) is 3.30. The van der Waals surface area contributed by atoms with Crippen LogP contribution in [0.1, 0.15) is 5.56 Å². The molecule has 0 aliphatic heterocycles. The monoisotopic (exact) mass is 339 g/mol. The average Bonchev–Trinajstić information content (AvgIpc) is 2.85. The fraction of sp³-hybridized carbons (Fsp3) is 0.385. The Hall–Kier alpha value is -0.520. The van der Waals surface area contributed by atoms with E-state index in [9.17, 15) is 5.11 Å². The third-order valence-corrected chi connectivity index (χ3v) is 4.12. The van der Waals surface area contributed by atoms with Crippen LogP contribution in [-0.2, 0) is 5.67 Å². The number of likely N-dealkylation sites (N-methyl/N-ethyl adjacent to an activating group) is 1. The summed E-state index contributed by atoms with van der Waals surface area (Å²) in [6.45, 7) is -0.523. The van der Waals surface area contributed by atoms with Crippen LogP contribution in [0, 0.1) is 0 Å². The molecule has 1 aromatic carbocycles. The van der Waals surface area contributed by atoms with Crippen molar-refractivity contribution in [2.45, 2.75) is 15.5 Å². The average molecular weight is 341 g/mol. The van der Waals surface area contributed by atoms with E-state index in [4.69, 9.17) is 39.2 Å². The number of alkyl halides is 4. The highest BCUT2D eigenvalue weighted by atomic mass is 35.6. The molecule has 0 radical (unpaired) electrons. The summed E-state index contributed by atoms with van der Waals surface area (Å²) in [7, 11) is 1.49. The number of hydrogen-bond donors (Lipinski definition) is 2. The highest BCUT2D eigenvalue weighted by Crippen LogP contribution is 2.50. The molecule has 0 aliphatic rings. The zero-order chi connectivity index (χ0) is 15.0. The fourth-order valence-corrected chi connectivity index (χ4v) is 2.89. The molecule has 0 fully saturated rings. The zero-order valence-corrected chi connectivity index (χ0v) is 12.8. The predicted octanol–water partition coefficient (Wildman–Crippen LogP) is 3.55. The summed E-state index contributed by atoms with van der Waals surface area (Å²) in [6, 6.07) is 5.23. The van der Waals surface area contributed by atoms with Crippen LogP contribution in [0.5, 0.6) is 0 Å². The number of hydrogen-bond acceptors (Lipinski definition) is 3. The van der Waals surface area contributed by atoms with Crippen molar-refractivity contribution in [2.24, 2.45) is 0 Å². The fourth-order valence-electron chi connectivity index (χ4n) is 2.17. The molecular weight excluding hydrogens is 328 g/mol. The maximum absolute atomic E-state index is 15.5. The van der Waals surface area contributed by atoms with E-state index in [1.54, 1.807) is 18.2 Å². The van der Waals surface area contributed by atoms with E-state index >= 15 is 4.39 Å². The van der Waals surface area contributed by atoms with Crippen molar-refractivity contribution < 1.29 is 13.9 Å². The lowest BCUT2D eigenvalue weighted by Crippen LogP contribution is -2.54. The van der Waals surface area contributed by atoms with Gasteiger partial charge in [0.2, 0.25) is 3.79 Å². The number of aliphatic hydroxyl groups is 1. The van der Waals surface area contributed by atoms with Gasteiger partial charge in [-0.05, 0) is 30.8 Å². The number of halogens is 4. The number of fused-ring (bicyclic) bond motifs is 1. The van der Waals surface area contributed by atoms with Gasteiger partial charge < -0.3 is 14.8 Å². The van der Waals surface area contributed by atoms with E-state index in [0.717, 1.165) is 0 Å². The van der Waals surface area contributed by atoms with Gasteiger partial charge in [0, 0.05) is 5.39 Å². The van der Waals surface area contributed by atoms with Crippen LogP contribution >= 0.6 is 34.8 Å². The molecule has 2 N–H and O–H groups in total. The maximum Gasteiger partial charge on any atom is 0.229 e. The summed E-state index contributed by atoms with van der Waals surface area (Å²) in [4.78, 5) is 0. The lowest BCUT2D eigenvalue weighted by molar-refractivity contribution is 0.0713. The molecule has 0 spiro atoms. The molecule has 2 rings (SSSR count). The Labute approximate surface area is 130 Å².